The average molecular weight is 268 g/mol. The highest BCUT2D eigenvalue weighted by Gasteiger charge is 2.42. The molecule has 0 N–H and O–H groups in total. The standard InChI is InChI=1S/C13H14ClNO3/c1-8-9(13(17)18-2)7-12(16)15(8)11-6-4-3-5-10(11)14/h3-6,8-9H,7H2,1-2H3. The third-order valence-corrected chi connectivity index (χ3v) is 3.59. The molecule has 1 saturated heterocycles. The zero-order chi connectivity index (χ0) is 13.3. The summed E-state index contributed by atoms with van der Waals surface area (Å²) in [7, 11) is 1.33. The van der Waals surface area contributed by atoms with E-state index in [1.165, 1.54) is 7.11 Å². The fourth-order valence-corrected chi connectivity index (χ4v) is 2.52. The smallest absolute Gasteiger partial charge is 0.311 e. The first kappa shape index (κ1) is 12.9. The molecule has 1 aliphatic rings. The average Bonchev–Trinajstić information content (AvgIpc) is 2.65. The number of methoxy groups -OCH3 is 1. The number of halogens is 1. The second-order valence-electron chi connectivity index (χ2n) is 4.29. The lowest BCUT2D eigenvalue weighted by atomic mass is 10.0. The van der Waals surface area contributed by atoms with Gasteiger partial charge < -0.3 is 9.64 Å². The molecule has 1 heterocycles. The van der Waals surface area contributed by atoms with Crippen molar-refractivity contribution in [1.29, 1.82) is 0 Å². The topological polar surface area (TPSA) is 46.6 Å². The van der Waals surface area contributed by atoms with Gasteiger partial charge in [-0.2, -0.15) is 0 Å². The minimum atomic E-state index is -0.432. The molecule has 1 fully saturated rings. The van der Waals surface area contributed by atoms with E-state index in [0.29, 0.717) is 10.7 Å². The Morgan fingerprint density at radius 3 is 2.72 bits per heavy atom. The molecule has 0 aromatic heterocycles. The van der Waals surface area contributed by atoms with E-state index in [0.717, 1.165) is 0 Å². The SMILES string of the molecule is COC(=O)C1CC(=O)N(c2ccccc2Cl)C1C. The van der Waals surface area contributed by atoms with Crippen LogP contribution in [0.2, 0.25) is 5.02 Å². The molecular formula is C13H14ClNO3. The van der Waals surface area contributed by atoms with Crippen LogP contribution >= 0.6 is 11.6 Å². The molecule has 2 unspecified atom stereocenters. The van der Waals surface area contributed by atoms with E-state index >= 15 is 0 Å². The van der Waals surface area contributed by atoms with Gasteiger partial charge >= 0.3 is 5.97 Å². The van der Waals surface area contributed by atoms with Gasteiger partial charge in [0.1, 0.15) is 0 Å². The number of carbonyl (C=O) groups excluding carboxylic acids is 2. The van der Waals surface area contributed by atoms with Crippen molar-refractivity contribution in [3.05, 3.63) is 29.3 Å². The Labute approximate surface area is 110 Å². The Kier molecular flexibility index (Phi) is 3.57. The molecule has 0 spiro atoms. The quantitative estimate of drug-likeness (QED) is 0.772. The van der Waals surface area contributed by atoms with Crippen LogP contribution in [0.15, 0.2) is 24.3 Å². The summed E-state index contributed by atoms with van der Waals surface area (Å²) in [5.41, 5.74) is 0.642. The van der Waals surface area contributed by atoms with Gasteiger partial charge in [-0.25, -0.2) is 0 Å². The van der Waals surface area contributed by atoms with Crippen LogP contribution in [0, 0.1) is 5.92 Å². The maximum absolute atomic E-state index is 12.0. The minimum absolute atomic E-state index is 0.106. The van der Waals surface area contributed by atoms with Gasteiger partial charge in [0, 0.05) is 12.5 Å². The number of hydrogen-bond acceptors (Lipinski definition) is 3. The van der Waals surface area contributed by atoms with E-state index in [1.54, 1.807) is 23.1 Å². The van der Waals surface area contributed by atoms with Gasteiger partial charge in [0.15, 0.2) is 0 Å². The number of rotatable bonds is 2. The molecule has 2 atom stereocenters. The molecule has 1 amide bonds. The van der Waals surface area contributed by atoms with Crippen LogP contribution in [-0.2, 0) is 14.3 Å². The minimum Gasteiger partial charge on any atom is -0.469 e. The maximum Gasteiger partial charge on any atom is 0.311 e. The Morgan fingerprint density at radius 1 is 1.44 bits per heavy atom. The zero-order valence-electron chi connectivity index (χ0n) is 10.2. The summed E-state index contributed by atoms with van der Waals surface area (Å²) < 4.78 is 4.72. The number of benzene rings is 1. The van der Waals surface area contributed by atoms with Crippen molar-refractivity contribution < 1.29 is 14.3 Å². The van der Waals surface area contributed by atoms with Crippen LogP contribution in [0.25, 0.3) is 0 Å². The highest BCUT2D eigenvalue weighted by Crippen LogP contribution is 2.35. The second-order valence-corrected chi connectivity index (χ2v) is 4.70. The summed E-state index contributed by atoms with van der Waals surface area (Å²) in [4.78, 5) is 25.2. The van der Waals surface area contributed by atoms with Crippen molar-refractivity contribution in [3.63, 3.8) is 0 Å². The van der Waals surface area contributed by atoms with Gasteiger partial charge in [0.2, 0.25) is 5.91 Å². The lowest BCUT2D eigenvalue weighted by Gasteiger charge is -2.24. The van der Waals surface area contributed by atoms with Gasteiger partial charge in [0.25, 0.3) is 0 Å². The molecule has 0 saturated carbocycles. The number of amides is 1. The van der Waals surface area contributed by atoms with Crippen molar-refractivity contribution in [2.75, 3.05) is 12.0 Å². The summed E-state index contributed by atoms with van der Waals surface area (Å²) in [6.45, 7) is 1.83. The van der Waals surface area contributed by atoms with Crippen LogP contribution in [0.1, 0.15) is 13.3 Å². The second kappa shape index (κ2) is 4.98. The summed E-state index contributed by atoms with van der Waals surface area (Å²) in [6, 6.07) is 6.87. The number of ether oxygens (including phenoxy) is 1. The van der Waals surface area contributed by atoms with Crippen LogP contribution in [0.4, 0.5) is 5.69 Å². The molecule has 2 rings (SSSR count). The number of esters is 1. The fraction of sp³-hybridized carbons (Fsp3) is 0.385. The van der Waals surface area contributed by atoms with E-state index in [2.05, 4.69) is 0 Å². The number of para-hydroxylation sites is 1. The molecule has 0 bridgehead atoms. The van der Waals surface area contributed by atoms with E-state index < -0.39 is 5.92 Å². The third-order valence-electron chi connectivity index (χ3n) is 3.27. The van der Waals surface area contributed by atoms with Crippen molar-refractivity contribution in [1.82, 2.24) is 0 Å². The van der Waals surface area contributed by atoms with Crippen molar-refractivity contribution in [3.8, 4) is 0 Å². The first-order valence-electron chi connectivity index (χ1n) is 5.70. The highest BCUT2D eigenvalue weighted by molar-refractivity contribution is 6.34. The Hall–Kier alpha value is -1.55. The summed E-state index contributed by atoms with van der Waals surface area (Å²) in [5.74, 6) is -0.893. The van der Waals surface area contributed by atoms with E-state index in [4.69, 9.17) is 16.3 Å². The highest BCUT2D eigenvalue weighted by atomic mass is 35.5. The molecule has 1 aliphatic heterocycles. The number of carbonyl (C=O) groups is 2. The predicted molar refractivity (Wildman–Crippen MR) is 68.5 cm³/mol. The van der Waals surface area contributed by atoms with E-state index in [1.807, 2.05) is 13.0 Å². The Balaban J connectivity index is 2.33. The van der Waals surface area contributed by atoms with Gasteiger partial charge in [-0.3, -0.25) is 9.59 Å². The predicted octanol–water partition coefficient (Wildman–Crippen LogP) is 2.25. The van der Waals surface area contributed by atoms with Crippen LogP contribution in [-0.4, -0.2) is 25.0 Å². The van der Waals surface area contributed by atoms with Crippen LogP contribution < -0.4 is 4.90 Å². The molecule has 0 radical (unpaired) electrons. The largest absolute Gasteiger partial charge is 0.469 e. The van der Waals surface area contributed by atoms with Crippen molar-refractivity contribution >= 4 is 29.2 Å². The van der Waals surface area contributed by atoms with E-state index in [-0.39, 0.29) is 24.3 Å². The maximum atomic E-state index is 12.0. The normalized spacial score (nSPS) is 23.3. The molecule has 18 heavy (non-hydrogen) atoms. The van der Waals surface area contributed by atoms with Gasteiger partial charge in [-0.1, -0.05) is 23.7 Å². The molecular weight excluding hydrogens is 254 g/mol. The molecule has 96 valence electrons. The zero-order valence-corrected chi connectivity index (χ0v) is 11.0. The molecule has 1 aromatic carbocycles. The molecule has 1 aromatic rings. The molecule has 4 nitrogen and oxygen atoms in total. The van der Waals surface area contributed by atoms with Crippen LogP contribution in [0.5, 0.6) is 0 Å². The van der Waals surface area contributed by atoms with Gasteiger partial charge in [0.05, 0.1) is 23.7 Å². The summed E-state index contributed by atoms with van der Waals surface area (Å²) >= 11 is 6.09. The molecule has 0 aliphatic carbocycles. The fourth-order valence-electron chi connectivity index (χ4n) is 2.30. The first-order valence-corrected chi connectivity index (χ1v) is 6.08. The lowest BCUT2D eigenvalue weighted by Crippen LogP contribution is -2.35. The van der Waals surface area contributed by atoms with Crippen LogP contribution in [0.3, 0.4) is 0 Å². The number of hydrogen-bond donors (Lipinski definition) is 0. The first-order chi connectivity index (χ1) is 8.56. The Bertz CT molecular complexity index is 489. The van der Waals surface area contributed by atoms with Gasteiger partial charge in [-0.15, -0.1) is 0 Å². The van der Waals surface area contributed by atoms with Gasteiger partial charge in [-0.05, 0) is 19.1 Å². The third kappa shape index (κ3) is 2.08. The lowest BCUT2D eigenvalue weighted by molar-refractivity contribution is -0.146. The van der Waals surface area contributed by atoms with Crippen molar-refractivity contribution in [2.24, 2.45) is 5.92 Å². The summed E-state index contributed by atoms with van der Waals surface area (Å²) in [5, 5.41) is 0.503. The van der Waals surface area contributed by atoms with E-state index in [9.17, 15) is 9.59 Å². The number of nitrogens with zero attached hydrogens (tertiary/aromatic N) is 1. The molecule has 5 heteroatoms. The monoisotopic (exact) mass is 267 g/mol. The number of anilines is 1. The van der Waals surface area contributed by atoms with Crippen molar-refractivity contribution in [2.45, 2.75) is 19.4 Å². The summed E-state index contributed by atoms with van der Waals surface area (Å²) in [6.07, 6.45) is 0.166. The Morgan fingerprint density at radius 2 is 2.11 bits per heavy atom.